The molecule has 5 heteroatoms. The Morgan fingerprint density at radius 1 is 1.03 bits per heavy atom. The van der Waals surface area contributed by atoms with Crippen molar-refractivity contribution in [2.24, 2.45) is 7.05 Å². The molecule has 0 aliphatic carbocycles. The van der Waals surface area contributed by atoms with Gasteiger partial charge in [0.2, 0.25) is 0 Å². The maximum atomic E-state index is 11.4. The van der Waals surface area contributed by atoms with Crippen molar-refractivity contribution in [1.29, 1.82) is 0 Å². The molecule has 0 saturated carbocycles. The molecule has 0 bridgehead atoms. The topological polar surface area (TPSA) is 64.4 Å². The van der Waals surface area contributed by atoms with E-state index in [1.807, 2.05) is 80.2 Å². The van der Waals surface area contributed by atoms with Crippen LogP contribution in [0.4, 0.5) is 0 Å². The van der Waals surface area contributed by atoms with E-state index in [0.717, 1.165) is 44.8 Å². The van der Waals surface area contributed by atoms with Crippen LogP contribution in [0.1, 0.15) is 28.5 Å². The molecule has 0 amide bonds. The number of aromatic carboxylic acids is 1. The summed E-state index contributed by atoms with van der Waals surface area (Å²) in [6.07, 6.45) is 0.662. The predicted octanol–water partition coefficient (Wildman–Crippen LogP) is 5.60. The Balaban J connectivity index is 1.66. The monoisotopic (exact) mass is 386 g/mol. The number of nitrogens with zero attached hydrogens (tertiary/aromatic N) is 2. The minimum Gasteiger partial charge on any atom is -0.478 e. The first kappa shape index (κ1) is 18.7. The zero-order chi connectivity index (χ0) is 20.5. The molecule has 0 radical (unpaired) electrons. The molecule has 0 spiro atoms. The van der Waals surface area contributed by atoms with Crippen molar-refractivity contribution in [3.8, 4) is 22.6 Å². The lowest BCUT2D eigenvalue weighted by Gasteiger charge is -2.10. The van der Waals surface area contributed by atoms with E-state index >= 15 is 0 Å². The molecule has 0 saturated heterocycles. The van der Waals surface area contributed by atoms with Gasteiger partial charge >= 0.3 is 5.97 Å². The van der Waals surface area contributed by atoms with Gasteiger partial charge in [-0.2, -0.15) is 5.10 Å². The molecular weight excluding hydrogens is 364 g/mol. The van der Waals surface area contributed by atoms with E-state index in [0.29, 0.717) is 12.0 Å². The Bertz CT molecular complexity index is 1220. The number of benzene rings is 3. The molecule has 1 aromatic heterocycles. The smallest absolute Gasteiger partial charge is 0.335 e. The van der Waals surface area contributed by atoms with Gasteiger partial charge in [-0.25, -0.2) is 4.79 Å². The van der Waals surface area contributed by atoms with E-state index in [4.69, 9.17) is 4.74 Å². The summed E-state index contributed by atoms with van der Waals surface area (Å²) in [5.74, 6) is 0.570. The minimum atomic E-state index is -0.897. The lowest BCUT2D eigenvalue weighted by Crippen LogP contribution is -2.01. The highest BCUT2D eigenvalue weighted by Gasteiger charge is 2.11. The average Bonchev–Trinajstić information content (AvgIpc) is 3.00. The van der Waals surface area contributed by atoms with Crippen molar-refractivity contribution in [2.45, 2.75) is 20.3 Å². The molecule has 0 unspecified atom stereocenters. The van der Waals surface area contributed by atoms with E-state index < -0.39 is 5.97 Å². The number of aryl methyl sites for hydroxylation is 3. The Hall–Kier alpha value is -3.60. The Morgan fingerprint density at radius 2 is 1.79 bits per heavy atom. The van der Waals surface area contributed by atoms with Crippen LogP contribution in [0.25, 0.3) is 22.0 Å². The van der Waals surface area contributed by atoms with Gasteiger partial charge in [0.1, 0.15) is 11.5 Å². The van der Waals surface area contributed by atoms with E-state index in [1.54, 1.807) is 6.07 Å². The van der Waals surface area contributed by atoms with Crippen LogP contribution in [0, 0.1) is 6.92 Å². The van der Waals surface area contributed by atoms with E-state index in [9.17, 15) is 9.90 Å². The number of aromatic nitrogens is 2. The second-order valence-corrected chi connectivity index (χ2v) is 7.05. The number of ether oxygens (including phenoxy) is 1. The second kappa shape index (κ2) is 7.43. The summed E-state index contributed by atoms with van der Waals surface area (Å²) >= 11 is 0. The lowest BCUT2D eigenvalue weighted by molar-refractivity contribution is 0.0695. The van der Waals surface area contributed by atoms with Crippen LogP contribution < -0.4 is 4.74 Å². The van der Waals surface area contributed by atoms with Gasteiger partial charge < -0.3 is 9.84 Å². The molecule has 3 aromatic carbocycles. The Labute approximate surface area is 169 Å². The normalized spacial score (nSPS) is 11.0. The van der Waals surface area contributed by atoms with Gasteiger partial charge in [0.15, 0.2) is 0 Å². The molecule has 146 valence electrons. The molecule has 0 fully saturated rings. The van der Waals surface area contributed by atoms with E-state index in [1.165, 1.54) is 0 Å². The first-order valence-corrected chi connectivity index (χ1v) is 9.54. The highest BCUT2D eigenvalue weighted by Crippen LogP contribution is 2.30. The molecule has 0 aliphatic heterocycles. The number of hydrogen-bond donors (Lipinski definition) is 1. The molecule has 4 rings (SSSR count). The van der Waals surface area contributed by atoms with Crippen molar-refractivity contribution in [3.63, 3.8) is 0 Å². The summed E-state index contributed by atoms with van der Waals surface area (Å²) in [5, 5.41) is 14.9. The van der Waals surface area contributed by atoms with Gasteiger partial charge in [0, 0.05) is 18.5 Å². The second-order valence-electron chi connectivity index (χ2n) is 7.05. The maximum Gasteiger partial charge on any atom is 0.335 e. The van der Waals surface area contributed by atoms with Gasteiger partial charge in [-0.3, -0.25) is 4.68 Å². The quantitative estimate of drug-likeness (QED) is 0.485. The summed E-state index contributed by atoms with van der Waals surface area (Å²) in [5.41, 5.74) is 5.13. The predicted molar refractivity (Wildman–Crippen MR) is 114 cm³/mol. The third-order valence-electron chi connectivity index (χ3n) is 5.13. The molecule has 5 nitrogen and oxygen atoms in total. The maximum absolute atomic E-state index is 11.4. The average molecular weight is 386 g/mol. The van der Waals surface area contributed by atoms with Gasteiger partial charge in [-0.1, -0.05) is 31.2 Å². The van der Waals surface area contributed by atoms with Gasteiger partial charge in [0.05, 0.1) is 16.8 Å². The molecule has 0 atom stereocenters. The molecular formula is C24H22N2O3. The van der Waals surface area contributed by atoms with Crippen LogP contribution >= 0.6 is 0 Å². The van der Waals surface area contributed by atoms with Crippen molar-refractivity contribution < 1.29 is 14.6 Å². The summed E-state index contributed by atoms with van der Waals surface area (Å²) in [6.45, 7) is 3.95. The van der Waals surface area contributed by atoms with Crippen LogP contribution in [-0.2, 0) is 13.5 Å². The number of hydrogen-bond acceptors (Lipinski definition) is 3. The molecule has 1 N–H and O–H groups in total. The zero-order valence-electron chi connectivity index (χ0n) is 16.6. The van der Waals surface area contributed by atoms with Crippen molar-refractivity contribution in [3.05, 3.63) is 77.5 Å². The summed E-state index contributed by atoms with van der Waals surface area (Å²) < 4.78 is 7.95. The largest absolute Gasteiger partial charge is 0.478 e. The van der Waals surface area contributed by atoms with Crippen molar-refractivity contribution in [1.82, 2.24) is 9.78 Å². The van der Waals surface area contributed by atoms with Crippen LogP contribution in [0.2, 0.25) is 0 Å². The fourth-order valence-corrected chi connectivity index (χ4v) is 3.63. The highest BCUT2D eigenvalue weighted by atomic mass is 16.5. The Kier molecular flexibility index (Phi) is 4.80. The number of carbonyl (C=O) groups is 1. The number of fused-ring (bicyclic) bond motifs is 1. The van der Waals surface area contributed by atoms with Crippen molar-refractivity contribution in [2.75, 3.05) is 0 Å². The summed E-state index contributed by atoms with van der Waals surface area (Å²) in [4.78, 5) is 11.4. The van der Waals surface area contributed by atoms with Gasteiger partial charge in [0.25, 0.3) is 0 Å². The lowest BCUT2D eigenvalue weighted by atomic mass is 9.97. The third-order valence-corrected chi connectivity index (χ3v) is 5.13. The van der Waals surface area contributed by atoms with Gasteiger partial charge in [-0.05, 0) is 60.4 Å². The number of rotatable bonds is 5. The molecule has 0 aliphatic rings. The number of carboxylic acids is 1. The SMILES string of the molecule is CCc1cc(-c2cccc(Oc3ccc4c(C)nn(C)c4c3)c2)ccc1C(=O)O. The zero-order valence-corrected chi connectivity index (χ0v) is 16.6. The Morgan fingerprint density at radius 3 is 2.55 bits per heavy atom. The number of carboxylic acid groups (broad SMARTS) is 1. The van der Waals surface area contributed by atoms with Gasteiger partial charge in [-0.15, -0.1) is 0 Å². The van der Waals surface area contributed by atoms with Crippen LogP contribution in [0.3, 0.4) is 0 Å². The molecule has 4 aromatic rings. The van der Waals surface area contributed by atoms with Crippen LogP contribution in [-0.4, -0.2) is 20.9 Å². The van der Waals surface area contributed by atoms with Crippen LogP contribution in [0.5, 0.6) is 11.5 Å². The minimum absolute atomic E-state index is 0.350. The summed E-state index contributed by atoms with van der Waals surface area (Å²) in [7, 11) is 1.92. The fraction of sp³-hybridized carbons (Fsp3) is 0.167. The van der Waals surface area contributed by atoms with E-state index in [-0.39, 0.29) is 0 Å². The first-order chi connectivity index (χ1) is 14.0. The standard InChI is InChI=1S/C24H22N2O3/c1-4-16-12-18(8-10-22(16)24(27)28)17-6-5-7-19(13-17)29-20-9-11-21-15(2)25-26(3)23(21)14-20/h5-14H,4H2,1-3H3,(H,27,28). The molecule has 1 heterocycles. The summed E-state index contributed by atoms with van der Waals surface area (Å²) in [6, 6.07) is 19.2. The molecule has 29 heavy (non-hydrogen) atoms. The third kappa shape index (κ3) is 3.59. The first-order valence-electron chi connectivity index (χ1n) is 9.54. The van der Waals surface area contributed by atoms with Crippen molar-refractivity contribution >= 4 is 16.9 Å². The van der Waals surface area contributed by atoms with Crippen LogP contribution in [0.15, 0.2) is 60.7 Å². The highest BCUT2D eigenvalue weighted by molar-refractivity contribution is 5.90. The fourth-order valence-electron chi connectivity index (χ4n) is 3.63. The van der Waals surface area contributed by atoms with E-state index in [2.05, 4.69) is 5.10 Å².